The number of thioether (sulfide) groups is 1. The highest BCUT2D eigenvalue weighted by Gasteiger charge is 2.20. The van der Waals surface area contributed by atoms with Gasteiger partial charge < -0.3 is 9.80 Å². The van der Waals surface area contributed by atoms with Crippen LogP contribution in [0.4, 0.5) is 0 Å². The van der Waals surface area contributed by atoms with Gasteiger partial charge in [0.2, 0.25) is 5.91 Å². The van der Waals surface area contributed by atoms with Gasteiger partial charge in [0.25, 0.3) is 5.91 Å². The van der Waals surface area contributed by atoms with Gasteiger partial charge in [0.1, 0.15) is 0 Å². The third-order valence-corrected chi connectivity index (χ3v) is 5.81. The molecule has 2 aromatic carbocycles. The lowest BCUT2D eigenvalue weighted by Crippen LogP contribution is -2.29. The van der Waals surface area contributed by atoms with E-state index in [-0.39, 0.29) is 11.8 Å². The van der Waals surface area contributed by atoms with Crippen LogP contribution in [0.15, 0.2) is 53.4 Å². The fourth-order valence-electron chi connectivity index (χ4n) is 3.26. The maximum Gasteiger partial charge on any atom is 0.255 e. The number of benzene rings is 2. The molecular formula is C22H23N3O2S. The van der Waals surface area contributed by atoms with Gasteiger partial charge in [-0.15, -0.1) is 11.8 Å². The van der Waals surface area contributed by atoms with Crippen LogP contribution in [-0.4, -0.2) is 47.5 Å². The number of hydrogen-bond donors (Lipinski definition) is 0. The molecule has 5 nitrogen and oxygen atoms in total. The minimum Gasteiger partial charge on any atom is -0.342 e. The molecule has 2 amide bonds. The summed E-state index contributed by atoms with van der Waals surface area (Å²) in [5.41, 5.74) is 2.08. The van der Waals surface area contributed by atoms with Crippen LogP contribution >= 0.6 is 11.8 Å². The summed E-state index contributed by atoms with van der Waals surface area (Å²) in [6.45, 7) is 2.09. The quantitative estimate of drug-likeness (QED) is 0.704. The Bertz CT molecular complexity index is 901. The van der Waals surface area contributed by atoms with Gasteiger partial charge in [-0.05, 0) is 42.7 Å². The summed E-state index contributed by atoms with van der Waals surface area (Å²) in [6.07, 6.45) is 2.15. The summed E-state index contributed by atoms with van der Waals surface area (Å²) >= 11 is 1.42. The van der Waals surface area contributed by atoms with Crippen LogP contribution in [0.3, 0.4) is 0 Å². The lowest BCUT2D eigenvalue weighted by Gasteiger charge is -2.20. The lowest BCUT2D eigenvalue weighted by molar-refractivity contribution is -0.127. The standard InChI is InChI=1S/C22H23N3O2S/c1-24(15-18-8-6-7-17(13-18)14-23)22(27)19-9-2-3-10-20(19)28-16-21(26)25-11-4-5-12-25/h2-3,6-10,13H,4-5,11-12,15-16H2,1H3. The first-order valence-corrected chi connectivity index (χ1v) is 10.3. The topological polar surface area (TPSA) is 64.4 Å². The molecule has 1 aliphatic rings. The van der Waals surface area contributed by atoms with Gasteiger partial charge in [-0.2, -0.15) is 5.26 Å². The number of hydrogen-bond acceptors (Lipinski definition) is 4. The van der Waals surface area contributed by atoms with Gasteiger partial charge in [0.05, 0.1) is 22.9 Å². The smallest absolute Gasteiger partial charge is 0.255 e. The normalized spacial score (nSPS) is 13.2. The molecule has 0 atom stereocenters. The Balaban J connectivity index is 1.67. The van der Waals surface area contributed by atoms with Crippen LogP contribution < -0.4 is 0 Å². The molecule has 0 radical (unpaired) electrons. The molecule has 1 heterocycles. The predicted molar refractivity (Wildman–Crippen MR) is 110 cm³/mol. The minimum atomic E-state index is -0.0981. The van der Waals surface area contributed by atoms with Crippen LogP contribution in [0, 0.1) is 11.3 Å². The lowest BCUT2D eigenvalue weighted by atomic mass is 10.1. The van der Waals surface area contributed by atoms with Crippen molar-refractivity contribution in [1.29, 1.82) is 5.26 Å². The molecule has 0 saturated carbocycles. The summed E-state index contributed by atoms with van der Waals surface area (Å²) < 4.78 is 0. The molecule has 0 N–H and O–H groups in total. The Kier molecular flexibility index (Phi) is 6.72. The molecule has 1 fully saturated rings. The molecule has 0 unspecified atom stereocenters. The number of carbonyl (C=O) groups excluding carboxylic acids is 2. The van der Waals surface area contributed by atoms with Crippen LogP contribution in [0.25, 0.3) is 0 Å². The second kappa shape index (κ2) is 9.43. The van der Waals surface area contributed by atoms with Crippen LogP contribution in [0.2, 0.25) is 0 Å². The molecule has 3 rings (SSSR count). The zero-order valence-corrected chi connectivity index (χ0v) is 16.7. The van der Waals surface area contributed by atoms with Crippen LogP contribution in [-0.2, 0) is 11.3 Å². The van der Waals surface area contributed by atoms with Gasteiger partial charge in [-0.25, -0.2) is 0 Å². The van der Waals surface area contributed by atoms with E-state index < -0.39 is 0 Å². The third kappa shape index (κ3) is 4.93. The van der Waals surface area contributed by atoms with E-state index in [4.69, 9.17) is 5.26 Å². The van der Waals surface area contributed by atoms with E-state index in [9.17, 15) is 9.59 Å². The molecule has 1 aliphatic heterocycles. The molecular weight excluding hydrogens is 370 g/mol. The molecule has 28 heavy (non-hydrogen) atoms. The van der Waals surface area contributed by atoms with E-state index in [2.05, 4.69) is 6.07 Å². The fourth-order valence-corrected chi connectivity index (χ4v) is 4.20. The SMILES string of the molecule is CN(Cc1cccc(C#N)c1)C(=O)c1ccccc1SCC(=O)N1CCCC1. The van der Waals surface area contributed by atoms with Crippen molar-refractivity contribution in [3.05, 3.63) is 65.2 Å². The molecule has 0 bridgehead atoms. The number of rotatable bonds is 6. The van der Waals surface area contributed by atoms with Gasteiger partial charge in [-0.1, -0.05) is 24.3 Å². The Morgan fingerprint density at radius 3 is 2.64 bits per heavy atom. The highest BCUT2D eigenvalue weighted by atomic mass is 32.2. The number of amides is 2. The summed E-state index contributed by atoms with van der Waals surface area (Å²) in [4.78, 5) is 29.6. The molecule has 0 aromatic heterocycles. The van der Waals surface area contributed by atoms with Crippen molar-refractivity contribution in [1.82, 2.24) is 9.80 Å². The average molecular weight is 394 g/mol. The average Bonchev–Trinajstić information content (AvgIpc) is 3.27. The number of nitrogens with zero attached hydrogens (tertiary/aromatic N) is 3. The van der Waals surface area contributed by atoms with E-state index in [1.165, 1.54) is 11.8 Å². The van der Waals surface area contributed by atoms with Gasteiger partial charge in [0, 0.05) is 31.6 Å². The maximum atomic E-state index is 13.0. The second-order valence-electron chi connectivity index (χ2n) is 6.85. The first-order valence-electron chi connectivity index (χ1n) is 9.32. The minimum absolute atomic E-state index is 0.0981. The highest BCUT2D eigenvalue weighted by Crippen LogP contribution is 2.25. The van der Waals surface area contributed by atoms with Gasteiger partial charge >= 0.3 is 0 Å². The first kappa shape index (κ1) is 20.0. The van der Waals surface area contributed by atoms with Crippen molar-refractivity contribution in [2.24, 2.45) is 0 Å². The Labute approximate surface area is 169 Å². The Hall–Kier alpha value is -2.78. The summed E-state index contributed by atoms with van der Waals surface area (Å²) in [5, 5.41) is 9.04. The maximum absolute atomic E-state index is 13.0. The fraction of sp³-hybridized carbons (Fsp3) is 0.318. The van der Waals surface area contributed by atoms with Crippen molar-refractivity contribution in [2.75, 3.05) is 25.9 Å². The van der Waals surface area contributed by atoms with Crippen LogP contribution in [0.5, 0.6) is 0 Å². The number of nitriles is 1. The van der Waals surface area contributed by atoms with Crippen molar-refractivity contribution in [3.8, 4) is 6.07 Å². The molecule has 6 heteroatoms. The van der Waals surface area contributed by atoms with E-state index in [0.717, 1.165) is 36.4 Å². The summed E-state index contributed by atoms with van der Waals surface area (Å²) in [6, 6.07) is 16.8. The first-order chi connectivity index (χ1) is 13.6. The molecule has 0 aliphatic carbocycles. The monoisotopic (exact) mass is 393 g/mol. The largest absolute Gasteiger partial charge is 0.342 e. The van der Waals surface area contributed by atoms with Crippen molar-refractivity contribution >= 4 is 23.6 Å². The van der Waals surface area contributed by atoms with Gasteiger partial charge in [-0.3, -0.25) is 9.59 Å². The van der Waals surface area contributed by atoms with E-state index in [0.29, 0.717) is 23.4 Å². The Morgan fingerprint density at radius 1 is 1.14 bits per heavy atom. The van der Waals surface area contributed by atoms with E-state index >= 15 is 0 Å². The van der Waals surface area contributed by atoms with Gasteiger partial charge in [0.15, 0.2) is 0 Å². The molecule has 144 valence electrons. The zero-order valence-electron chi connectivity index (χ0n) is 15.9. The van der Waals surface area contributed by atoms with Crippen molar-refractivity contribution in [3.63, 3.8) is 0 Å². The second-order valence-corrected chi connectivity index (χ2v) is 7.86. The summed E-state index contributed by atoms with van der Waals surface area (Å²) in [5.74, 6) is 0.378. The Morgan fingerprint density at radius 2 is 1.89 bits per heavy atom. The predicted octanol–water partition coefficient (Wildman–Crippen LogP) is 3.54. The number of likely N-dealkylation sites (tertiary alicyclic amines) is 1. The van der Waals surface area contributed by atoms with Crippen molar-refractivity contribution < 1.29 is 9.59 Å². The number of carbonyl (C=O) groups is 2. The molecule has 1 saturated heterocycles. The van der Waals surface area contributed by atoms with Crippen LogP contribution in [0.1, 0.15) is 34.3 Å². The molecule has 0 spiro atoms. The van der Waals surface area contributed by atoms with E-state index in [1.807, 2.05) is 35.2 Å². The van der Waals surface area contributed by atoms with E-state index in [1.54, 1.807) is 30.1 Å². The highest BCUT2D eigenvalue weighted by molar-refractivity contribution is 8.00. The third-order valence-electron chi connectivity index (χ3n) is 4.75. The van der Waals surface area contributed by atoms with Crippen molar-refractivity contribution in [2.45, 2.75) is 24.3 Å². The zero-order chi connectivity index (χ0) is 19.9. The molecule has 2 aromatic rings. The summed E-state index contributed by atoms with van der Waals surface area (Å²) in [7, 11) is 1.75.